The summed E-state index contributed by atoms with van der Waals surface area (Å²) in [5.41, 5.74) is 5.92. The molecule has 0 saturated heterocycles. The van der Waals surface area contributed by atoms with Gasteiger partial charge in [0.15, 0.2) is 0 Å². The first-order valence-electron chi connectivity index (χ1n) is 6.60. The number of hydrogen-bond donors (Lipinski definition) is 2. The molecule has 0 aliphatic heterocycles. The van der Waals surface area contributed by atoms with Crippen LogP contribution >= 0.6 is 0 Å². The minimum Gasteiger partial charge on any atom is -0.353 e. The van der Waals surface area contributed by atoms with Crippen LogP contribution < -0.4 is 11.1 Å². The van der Waals surface area contributed by atoms with Crippen LogP contribution in [0.2, 0.25) is 0 Å². The fraction of sp³-hybridized carbons (Fsp3) is 0.923. The van der Waals surface area contributed by atoms with Crippen LogP contribution in [0.3, 0.4) is 0 Å². The topological polar surface area (TPSA) is 55.1 Å². The highest BCUT2D eigenvalue weighted by molar-refractivity contribution is 5.79. The van der Waals surface area contributed by atoms with Gasteiger partial charge in [0.25, 0.3) is 0 Å². The van der Waals surface area contributed by atoms with Crippen molar-refractivity contribution in [1.29, 1.82) is 0 Å². The van der Waals surface area contributed by atoms with E-state index in [1.807, 2.05) is 0 Å². The normalized spacial score (nSPS) is 28.8. The van der Waals surface area contributed by atoms with Gasteiger partial charge in [-0.2, -0.15) is 0 Å². The predicted molar refractivity (Wildman–Crippen MR) is 67.0 cm³/mol. The molecule has 0 aromatic carbocycles. The van der Waals surface area contributed by atoms with Crippen molar-refractivity contribution in [2.75, 3.05) is 0 Å². The first-order chi connectivity index (χ1) is 7.54. The van der Waals surface area contributed by atoms with E-state index >= 15 is 0 Å². The van der Waals surface area contributed by atoms with Crippen LogP contribution in [0.25, 0.3) is 0 Å². The van der Waals surface area contributed by atoms with Crippen LogP contribution in [0.4, 0.5) is 0 Å². The van der Waals surface area contributed by atoms with Crippen LogP contribution in [0.15, 0.2) is 0 Å². The summed E-state index contributed by atoms with van der Waals surface area (Å²) in [4.78, 5) is 11.9. The van der Waals surface area contributed by atoms with Crippen molar-refractivity contribution < 1.29 is 4.79 Å². The fourth-order valence-electron chi connectivity index (χ4n) is 2.49. The van der Waals surface area contributed by atoms with Crippen LogP contribution in [-0.4, -0.2) is 18.0 Å². The first kappa shape index (κ1) is 13.5. The summed E-state index contributed by atoms with van der Waals surface area (Å²) in [6.07, 6.45) is 5.28. The summed E-state index contributed by atoms with van der Waals surface area (Å²) in [6, 6.07) is 0.353. The fourth-order valence-corrected chi connectivity index (χ4v) is 2.49. The third-order valence-electron chi connectivity index (χ3n) is 3.75. The highest BCUT2D eigenvalue weighted by Crippen LogP contribution is 2.24. The lowest BCUT2D eigenvalue weighted by Crippen LogP contribution is -2.42. The highest BCUT2D eigenvalue weighted by Gasteiger charge is 2.30. The van der Waals surface area contributed by atoms with Crippen LogP contribution in [0.1, 0.15) is 52.9 Å². The first-order valence-corrected chi connectivity index (χ1v) is 6.60. The Kier molecular flexibility index (Phi) is 5.26. The molecule has 4 unspecified atom stereocenters. The summed E-state index contributed by atoms with van der Waals surface area (Å²) in [5.74, 6) is 0.896. The summed E-state index contributed by atoms with van der Waals surface area (Å²) in [6.45, 7) is 6.50. The molecule has 1 aliphatic rings. The molecule has 16 heavy (non-hydrogen) atoms. The predicted octanol–water partition coefficient (Wildman–Crippen LogP) is 2.05. The Morgan fingerprint density at radius 2 is 2.12 bits per heavy atom. The molecule has 3 N–H and O–H groups in total. The third kappa shape index (κ3) is 3.78. The maximum absolute atomic E-state index is 11.9. The highest BCUT2D eigenvalue weighted by atomic mass is 16.2. The van der Waals surface area contributed by atoms with Crippen molar-refractivity contribution in [2.24, 2.45) is 17.6 Å². The van der Waals surface area contributed by atoms with Crippen molar-refractivity contribution in [1.82, 2.24) is 5.32 Å². The number of nitrogens with one attached hydrogen (secondary N) is 1. The van der Waals surface area contributed by atoms with E-state index < -0.39 is 0 Å². The van der Waals surface area contributed by atoms with Gasteiger partial charge in [0, 0.05) is 12.1 Å². The van der Waals surface area contributed by atoms with E-state index in [0.717, 1.165) is 25.7 Å². The van der Waals surface area contributed by atoms with Gasteiger partial charge in [0.05, 0.1) is 5.92 Å². The molecule has 0 bridgehead atoms. The van der Waals surface area contributed by atoms with Gasteiger partial charge in [-0.25, -0.2) is 0 Å². The van der Waals surface area contributed by atoms with Crippen molar-refractivity contribution in [3.8, 4) is 0 Å². The van der Waals surface area contributed by atoms with E-state index in [1.165, 1.54) is 6.42 Å². The Balaban J connectivity index is 2.33. The minimum atomic E-state index is 0.0550. The third-order valence-corrected chi connectivity index (χ3v) is 3.75. The zero-order valence-electron chi connectivity index (χ0n) is 10.8. The van der Waals surface area contributed by atoms with Crippen LogP contribution in [0, 0.1) is 11.8 Å². The molecule has 3 nitrogen and oxygen atoms in total. The monoisotopic (exact) mass is 226 g/mol. The maximum Gasteiger partial charge on any atom is 0.224 e. The average Bonchev–Trinajstić information content (AvgIpc) is 2.63. The van der Waals surface area contributed by atoms with E-state index in [4.69, 9.17) is 5.73 Å². The number of nitrogens with two attached hydrogens (primary N) is 1. The van der Waals surface area contributed by atoms with Gasteiger partial charge in [0.2, 0.25) is 5.91 Å². The second kappa shape index (κ2) is 6.24. The summed E-state index contributed by atoms with van der Waals surface area (Å²) in [7, 11) is 0. The Labute approximate surface area is 99.2 Å². The van der Waals surface area contributed by atoms with E-state index in [0.29, 0.717) is 5.92 Å². The van der Waals surface area contributed by atoms with Gasteiger partial charge < -0.3 is 11.1 Å². The molecule has 1 saturated carbocycles. The molecule has 3 heteroatoms. The Morgan fingerprint density at radius 1 is 1.44 bits per heavy atom. The molecule has 4 atom stereocenters. The largest absolute Gasteiger partial charge is 0.353 e. The van der Waals surface area contributed by atoms with Gasteiger partial charge in [-0.05, 0) is 32.1 Å². The summed E-state index contributed by atoms with van der Waals surface area (Å²) < 4.78 is 0. The summed E-state index contributed by atoms with van der Waals surface area (Å²) >= 11 is 0. The Hall–Kier alpha value is -0.570. The Bertz CT molecular complexity index is 230. The van der Waals surface area contributed by atoms with E-state index in [9.17, 15) is 4.79 Å². The SMILES string of the molecule is CCC(C)CC(C)NC(=O)C1CCCC1N. The lowest BCUT2D eigenvalue weighted by atomic mass is 9.98. The van der Waals surface area contributed by atoms with Crippen LogP contribution in [0.5, 0.6) is 0 Å². The van der Waals surface area contributed by atoms with E-state index in [1.54, 1.807) is 0 Å². The average molecular weight is 226 g/mol. The second-order valence-electron chi connectivity index (χ2n) is 5.36. The number of hydrogen-bond acceptors (Lipinski definition) is 2. The lowest BCUT2D eigenvalue weighted by molar-refractivity contribution is -0.125. The lowest BCUT2D eigenvalue weighted by Gasteiger charge is -2.21. The zero-order chi connectivity index (χ0) is 12.1. The zero-order valence-corrected chi connectivity index (χ0v) is 10.8. The minimum absolute atomic E-state index is 0.0550. The smallest absolute Gasteiger partial charge is 0.224 e. The van der Waals surface area contributed by atoms with Gasteiger partial charge >= 0.3 is 0 Å². The summed E-state index contributed by atoms with van der Waals surface area (Å²) in [5, 5.41) is 3.10. The van der Waals surface area contributed by atoms with E-state index in [-0.39, 0.29) is 23.9 Å². The van der Waals surface area contributed by atoms with Crippen molar-refractivity contribution in [3.05, 3.63) is 0 Å². The molecule has 0 aromatic heterocycles. The van der Waals surface area contributed by atoms with Crippen molar-refractivity contribution in [2.45, 2.75) is 65.0 Å². The number of rotatable bonds is 5. The molecular weight excluding hydrogens is 200 g/mol. The van der Waals surface area contributed by atoms with E-state index in [2.05, 4.69) is 26.1 Å². The standard InChI is InChI=1S/C13H26N2O/c1-4-9(2)8-10(3)15-13(16)11-6-5-7-12(11)14/h9-12H,4-8,14H2,1-3H3,(H,15,16). The quantitative estimate of drug-likeness (QED) is 0.754. The molecule has 0 radical (unpaired) electrons. The van der Waals surface area contributed by atoms with Gasteiger partial charge in [-0.15, -0.1) is 0 Å². The molecule has 1 rings (SSSR count). The van der Waals surface area contributed by atoms with Crippen LogP contribution in [-0.2, 0) is 4.79 Å². The van der Waals surface area contributed by atoms with Gasteiger partial charge in [-0.1, -0.05) is 26.7 Å². The maximum atomic E-state index is 11.9. The molecule has 1 aliphatic carbocycles. The van der Waals surface area contributed by atoms with Crippen molar-refractivity contribution >= 4 is 5.91 Å². The molecule has 1 fully saturated rings. The number of amides is 1. The number of carbonyl (C=O) groups excluding carboxylic acids is 1. The molecule has 0 aromatic rings. The number of carbonyl (C=O) groups is 1. The molecular formula is C13H26N2O. The molecule has 1 amide bonds. The Morgan fingerprint density at radius 3 is 2.62 bits per heavy atom. The van der Waals surface area contributed by atoms with Crippen molar-refractivity contribution in [3.63, 3.8) is 0 Å². The molecule has 0 spiro atoms. The van der Waals surface area contributed by atoms with Gasteiger partial charge in [-0.3, -0.25) is 4.79 Å². The molecule has 0 heterocycles. The molecule has 94 valence electrons. The van der Waals surface area contributed by atoms with Gasteiger partial charge in [0.1, 0.15) is 0 Å². The second-order valence-corrected chi connectivity index (χ2v) is 5.36.